The lowest BCUT2D eigenvalue weighted by atomic mass is 10.1. The summed E-state index contributed by atoms with van der Waals surface area (Å²) in [4.78, 5) is 25.5. The Morgan fingerprint density at radius 3 is 2.79 bits per heavy atom. The van der Waals surface area contributed by atoms with Crippen LogP contribution in [0.25, 0.3) is 0 Å². The van der Waals surface area contributed by atoms with Crippen molar-refractivity contribution in [3.8, 4) is 0 Å². The Balaban J connectivity index is 1.96. The quantitative estimate of drug-likeness (QED) is 0.842. The molecule has 1 aromatic carbocycles. The Morgan fingerprint density at radius 1 is 1.32 bits per heavy atom. The number of benzene rings is 1. The van der Waals surface area contributed by atoms with Crippen LogP contribution >= 0.6 is 0 Å². The minimum absolute atomic E-state index is 0.450. The highest BCUT2D eigenvalue weighted by Gasteiger charge is 2.28. The van der Waals surface area contributed by atoms with Crippen LogP contribution in [-0.2, 0) is 16.0 Å². The number of anilines is 1. The van der Waals surface area contributed by atoms with E-state index in [4.69, 9.17) is 0 Å². The lowest BCUT2D eigenvalue weighted by Gasteiger charge is -2.16. The molecule has 1 N–H and O–H groups in total. The van der Waals surface area contributed by atoms with E-state index in [0.717, 1.165) is 24.1 Å². The maximum Gasteiger partial charge on any atom is 0.316 e. The Hall–Kier alpha value is -1.84. The minimum atomic E-state index is -0.502. The zero-order chi connectivity index (χ0) is 13.8. The predicted octanol–water partition coefficient (Wildman–Crippen LogP) is 1.74. The first kappa shape index (κ1) is 13.6. The van der Waals surface area contributed by atoms with Gasteiger partial charge in [0.15, 0.2) is 0 Å². The fraction of sp³-hybridized carbons (Fsp3) is 0.467. The number of hydrogen-bond acceptors (Lipinski definition) is 2. The molecule has 0 saturated heterocycles. The molecule has 0 spiro atoms. The van der Waals surface area contributed by atoms with Gasteiger partial charge in [0.2, 0.25) is 0 Å². The van der Waals surface area contributed by atoms with Crippen molar-refractivity contribution < 1.29 is 9.59 Å². The lowest BCUT2D eigenvalue weighted by molar-refractivity contribution is -0.137. The zero-order valence-corrected chi connectivity index (χ0v) is 11.5. The van der Waals surface area contributed by atoms with Gasteiger partial charge >= 0.3 is 11.8 Å². The van der Waals surface area contributed by atoms with E-state index in [1.165, 1.54) is 0 Å². The fourth-order valence-electron chi connectivity index (χ4n) is 2.22. The molecule has 0 aromatic heterocycles. The summed E-state index contributed by atoms with van der Waals surface area (Å²) in [5.41, 5.74) is 2.00. The van der Waals surface area contributed by atoms with Gasteiger partial charge in [-0.25, -0.2) is 0 Å². The molecule has 1 aromatic rings. The van der Waals surface area contributed by atoms with E-state index in [-0.39, 0.29) is 0 Å². The lowest BCUT2D eigenvalue weighted by Crippen LogP contribution is -2.42. The zero-order valence-electron chi connectivity index (χ0n) is 11.5. The van der Waals surface area contributed by atoms with Crippen molar-refractivity contribution in [3.63, 3.8) is 0 Å². The standard InChI is InChI=1S/C15H20N2O2/c1-11(2)7-9-16-14(18)15(19)17-10-8-12-5-3-4-6-13(12)17/h3-6,11H,7-10H2,1-2H3,(H,16,18). The third-order valence-corrected chi connectivity index (χ3v) is 3.33. The van der Waals surface area contributed by atoms with Gasteiger partial charge in [-0.15, -0.1) is 0 Å². The monoisotopic (exact) mass is 260 g/mol. The van der Waals surface area contributed by atoms with E-state index in [0.29, 0.717) is 19.0 Å². The first-order valence-electron chi connectivity index (χ1n) is 6.77. The molecule has 4 nitrogen and oxygen atoms in total. The predicted molar refractivity (Wildman–Crippen MR) is 75.0 cm³/mol. The van der Waals surface area contributed by atoms with E-state index in [1.54, 1.807) is 4.90 Å². The molecular formula is C15H20N2O2. The first-order valence-corrected chi connectivity index (χ1v) is 6.77. The Bertz CT molecular complexity index is 483. The van der Waals surface area contributed by atoms with Crippen LogP contribution in [0, 0.1) is 5.92 Å². The van der Waals surface area contributed by atoms with Crippen molar-refractivity contribution >= 4 is 17.5 Å². The highest BCUT2D eigenvalue weighted by Crippen LogP contribution is 2.27. The molecule has 19 heavy (non-hydrogen) atoms. The number of carbonyl (C=O) groups is 2. The van der Waals surface area contributed by atoms with Crippen LogP contribution in [0.5, 0.6) is 0 Å². The van der Waals surface area contributed by atoms with Crippen molar-refractivity contribution in [2.24, 2.45) is 5.92 Å². The molecule has 0 atom stereocenters. The van der Waals surface area contributed by atoms with Gasteiger partial charge in [-0.1, -0.05) is 32.0 Å². The van der Waals surface area contributed by atoms with Crippen molar-refractivity contribution in [1.29, 1.82) is 0 Å². The van der Waals surface area contributed by atoms with Crippen LogP contribution in [0.4, 0.5) is 5.69 Å². The summed E-state index contributed by atoms with van der Waals surface area (Å²) in [7, 11) is 0. The third-order valence-electron chi connectivity index (χ3n) is 3.33. The van der Waals surface area contributed by atoms with Crippen molar-refractivity contribution in [2.45, 2.75) is 26.7 Å². The molecule has 1 aliphatic rings. The van der Waals surface area contributed by atoms with Crippen LogP contribution in [-0.4, -0.2) is 24.9 Å². The van der Waals surface area contributed by atoms with Gasteiger partial charge in [0.25, 0.3) is 0 Å². The molecule has 0 bridgehead atoms. The molecule has 0 aliphatic carbocycles. The molecule has 2 amide bonds. The number of amides is 2. The minimum Gasteiger partial charge on any atom is -0.348 e. The molecule has 0 unspecified atom stereocenters. The maximum atomic E-state index is 12.1. The average molecular weight is 260 g/mol. The largest absolute Gasteiger partial charge is 0.348 e. The second kappa shape index (κ2) is 5.87. The maximum absolute atomic E-state index is 12.1. The molecule has 0 fully saturated rings. The van der Waals surface area contributed by atoms with Gasteiger partial charge in [-0.05, 0) is 30.4 Å². The molecule has 1 aliphatic heterocycles. The highest BCUT2D eigenvalue weighted by atomic mass is 16.2. The summed E-state index contributed by atoms with van der Waals surface area (Å²) in [5.74, 6) is -0.436. The number of fused-ring (bicyclic) bond motifs is 1. The topological polar surface area (TPSA) is 49.4 Å². The van der Waals surface area contributed by atoms with Gasteiger partial charge < -0.3 is 10.2 Å². The molecule has 2 rings (SSSR count). The van der Waals surface area contributed by atoms with Gasteiger partial charge in [0, 0.05) is 18.8 Å². The van der Waals surface area contributed by atoms with E-state index < -0.39 is 11.8 Å². The molecule has 0 saturated carbocycles. The number of rotatable bonds is 3. The molecule has 0 radical (unpaired) electrons. The molecule has 4 heteroatoms. The van der Waals surface area contributed by atoms with Crippen molar-refractivity contribution in [1.82, 2.24) is 5.32 Å². The summed E-state index contributed by atoms with van der Waals surface area (Å²) in [5, 5.41) is 2.69. The summed E-state index contributed by atoms with van der Waals surface area (Å²) in [6, 6.07) is 7.73. The van der Waals surface area contributed by atoms with Gasteiger partial charge in [-0.2, -0.15) is 0 Å². The fourth-order valence-corrected chi connectivity index (χ4v) is 2.22. The van der Waals surface area contributed by atoms with Gasteiger partial charge in [0.1, 0.15) is 0 Å². The molecule has 102 valence electrons. The normalized spacial score (nSPS) is 13.5. The summed E-state index contributed by atoms with van der Waals surface area (Å²) in [6.07, 6.45) is 1.71. The number of nitrogens with one attached hydrogen (secondary N) is 1. The SMILES string of the molecule is CC(C)CCNC(=O)C(=O)N1CCc2ccccc21. The third kappa shape index (κ3) is 3.13. The number of nitrogens with zero attached hydrogens (tertiary/aromatic N) is 1. The van der Waals surface area contributed by atoms with Gasteiger partial charge in [0.05, 0.1) is 0 Å². The average Bonchev–Trinajstić information content (AvgIpc) is 2.81. The number of carbonyl (C=O) groups excluding carboxylic acids is 2. The second-order valence-electron chi connectivity index (χ2n) is 5.27. The van der Waals surface area contributed by atoms with Crippen LogP contribution in [0.2, 0.25) is 0 Å². The summed E-state index contributed by atoms with van der Waals surface area (Å²) in [6.45, 7) is 5.32. The van der Waals surface area contributed by atoms with Crippen LogP contribution in [0.15, 0.2) is 24.3 Å². The first-order chi connectivity index (χ1) is 9.09. The Kier molecular flexibility index (Phi) is 4.20. The van der Waals surface area contributed by atoms with Crippen LogP contribution < -0.4 is 10.2 Å². The molecular weight excluding hydrogens is 240 g/mol. The number of hydrogen-bond donors (Lipinski definition) is 1. The number of para-hydroxylation sites is 1. The van der Waals surface area contributed by atoms with Gasteiger partial charge in [-0.3, -0.25) is 9.59 Å². The highest BCUT2D eigenvalue weighted by molar-refractivity contribution is 6.40. The van der Waals surface area contributed by atoms with Crippen LogP contribution in [0.1, 0.15) is 25.8 Å². The van der Waals surface area contributed by atoms with Crippen LogP contribution in [0.3, 0.4) is 0 Å². The summed E-state index contributed by atoms with van der Waals surface area (Å²) >= 11 is 0. The smallest absolute Gasteiger partial charge is 0.316 e. The van der Waals surface area contributed by atoms with E-state index in [9.17, 15) is 9.59 Å². The van der Waals surface area contributed by atoms with E-state index in [1.807, 2.05) is 24.3 Å². The Morgan fingerprint density at radius 2 is 2.05 bits per heavy atom. The van der Waals surface area contributed by atoms with E-state index in [2.05, 4.69) is 19.2 Å². The second-order valence-corrected chi connectivity index (χ2v) is 5.27. The molecule has 1 heterocycles. The Labute approximate surface area is 113 Å². The van der Waals surface area contributed by atoms with Crippen molar-refractivity contribution in [2.75, 3.05) is 18.0 Å². The summed E-state index contributed by atoms with van der Waals surface area (Å²) < 4.78 is 0. The van der Waals surface area contributed by atoms with Crippen molar-refractivity contribution in [3.05, 3.63) is 29.8 Å². The van der Waals surface area contributed by atoms with E-state index >= 15 is 0 Å².